The summed E-state index contributed by atoms with van der Waals surface area (Å²) in [5.74, 6) is -3.55. The number of ether oxygens (including phenoxy) is 5. The van der Waals surface area contributed by atoms with E-state index in [4.69, 9.17) is 28.7 Å². The Kier molecular flexibility index (Phi) is 6.32. The Morgan fingerprint density at radius 2 is 1.92 bits per heavy atom. The third kappa shape index (κ3) is 3.08. The van der Waals surface area contributed by atoms with Crippen molar-refractivity contribution in [2.75, 3.05) is 26.9 Å². The van der Waals surface area contributed by atoms with Gasteiger partial charge in [0.05, 0.1) is 37.6 Å². The molecule has 3 saturated heterocycles. The van der Waals surface area contributed by atoms with E-state index in [1.807, 2.05) is 6.92 Å². The summed E-state index contributed by atoms with van der Waals surface area (Å²) in [6.45, 7) is 5.59. The molecule has 1 spiro atoms. The lowest BCUT2D eigenvalue weighted by Crippen LogP contribution is -2.62. The molecule has 0 radical (unpaired) electrons. The molecule has 0 N–H and O–H groups in total. The average Bonchev–Trinajstić information content (AvgIpc) is 3.44. The van der Waals surface area contributed by atoms with E-state index in [9.17, 15) is 19.2 Å². The van der Waals surface area contributed by atoms with Crippen LogP contribution in [0.15, 0.2) is 0 Å². The number of carbonyl (C=O) groups is 4. The zero-order valence-corrected chi connectivity index (χ0v) is 21.1. The summed E-state index contributed by atoms with van der Waals surface area (Å²) in [7, 11) is 1.27. The monoisotopic (exact) mass is 510 g/mol. The normalized spacial score (nSPS) is 44.3. The second-order valence-corrected chi connectivity index (χ2v) is 10.8. The van der Waals surface area contributed by atoms with Gasteiger partial charge in [-0.15, -0.1) is 0 Å². The number of fused-ring (bicyclic) bond motifs is 1. The van der Waals surface area contributed by atoms with Gasteiger partial charge in [-0.25, -0.2) is 14.4 Å². The molecule has 2 saturated carbocycles. The second kappa shape index (κ2) is 8.95. The van der Waals surface area contributed by atoms with Crippen LogP contribution in [0, 0.1) is 28.6 Å². The Balaban J connectivity index is 1.53. The average molecular weight is 511 g/mol. The summed E-state index contributed by atoms with van der Waals surface area (Å²) in [6.07, 6.45) is 1.41. The highest BCUT2D eigenvalue weighted by Crippen LogP contribution is 2.77. The fraction of sp³-hybridized carbons (Fsp3) is 0.840. The third-order valence-electron chi connectivity index (χ3n) is 9.52. The molecule has 9 atom stereocenters. The van der Waals surface area contributed by atoms with Crippen molar-refractivity contribution in [1.29, 1.82) is 0 Å². The van der Waals surface area contributed by atoms with Crippen LogP contribution in [0.4, 0.5) is 0 Å². The predicted octanol–water partition coefficient (Wildman–Crippen LogP) is 1.50. The van der Waals surface area contributed by atoms with Crippen molar-refractivity contribution >= 4 is 23.9 Å². The minimum absolute atomic E-state index is 0.00758. The van der Waals surface area contributed by atoms with E-state index in [0.717, 1.165) is 19.3 Å². The highest BCUT2D eigenvalue weighted by Gasteiger charge is 2.91. The van der Waals surface area contributed by atoms with Gasteiger partial charge in [-0.1, -0.05) is 33.6 Å². The molecule has 11 heteroatoms. The smallest absolute Gasteiger partial charge is 0.371 e. The lowest BCUT2D eigenvalue weighted by Gasteiger charge is -2.49. The Labute approximate surface area is 209 Å². The predicted molar refractivity (Wildman–Crippen MR) is 118 cm³/mol. The molecule has 3 aliphatic heterocycles. The maximum Gasteiger partial charge on any atom is 0.371 e. The summed E-state index contributed by atoms with van der Waals surface area (Å²) >= 11 is 0. The van der Waals surface area contributed by atoms with Gasteiger partial charge in [0.15, 0.2) is 6.10 Å². The molecular weight excluding hydrogens is 476 g/mol. The molecule has 8 unspecified atom stereocenters. The molecule has 11 nitrogen and oxygen atoms in total. The molecule has 36 heavy (non-hydrogen) atoms. The van der Waals surface area contributed by atoms with Crippen molar-refractivity contribution in [2.45, 2.75) is 76.8 Å². The zero-order valence-electron chi connectivity index (χ0n) is 21.1. The molecule has 5 fully saturated rings. The number of carbonyl (C=O) groups excluding carboxylic acids is 4. The van der Waals surface area contributed by atoms with Crippen LogP contribution in [-0.4, -0.2) is 74.7 Å². The summed E-state index contributed by atoms with van der Waals surface area (Å²) in [4.78, 5) is 62.0. The largest absolute Gasteiger partial charge is 0.467 e. The molecule has 200 valence electrons. The van der Waals surface area contributed by atoms with Gasteiger partial charge in [-0.3, -0.25) is 9.68 Å². The van der Waals surface area contributed by atoms with Crippen LogP contribution in [0.2, 0.25) is 0 Å². The quantitative estimate of drug-likeness (QED) is 0.193. The maximum atomic E-state index is 13.6. The number of esters is 3. The minimum Gasteiger partial charge on any atom is -0.467 e. The van der Waals surface area contributed by atoms with Gasteiger partial charge < -0.3 is 23.7 Å². The van der Waals surface area contributed by atoms with Crippen molar-refractivity contribution in [3.05, 3.63) is 0 Å². The van der Waals surface area contributed by atoms with Crippen molar-refractivity contribution in [1.82, 2.24) is 0 Å². The number of rotatable bonds is 9. The lowest BCUT2D eigenvalue weighted by atomic mass is 9.53. The SMILES string of the molecule is CCCC[C@@H]1CC2OC(=O)C34OOC(=O)C(OCCOCC(=O)OC)C1(C)C23CC1OC(=O)C(C)C14. The Morgan fingerprint density at radius 3 is 2.64 bits per heavy atom. The molecule has 3 heterocycles. The highest BCUT2D eigenvalue weighted by atomic mass is 17.2. The number of unbranched alkanes of at least 4 members (excludes halogenated alkanes) is 1. The van der Waals surface area contributed by atoms with Crippen LogP contribution < -0.4 is 0 Å². The van der Waals surface area contributed by atoms with Crippen molar-refractivity contribution < 1.29 is 52.6 Å². The number of methoxy groups -OCH3 is 1. The van der Waals surface area contributed by atoms with Crippen LogP contribution in [0.5, 0.6) is 0 Å². The number of hydrogen-bond acceptors (Lipinski definition) is 11. The standard InChI is InChI=1S/C25H34O11/c1-5-6-7-14-10-16-24-11-15-18(13(2)20(27)33-15)25(24,22(29)34-16)36-35-21(28)19(23(14,24)3)32-9-8-31-12-17(26)30-4/h13-16,18-19H,5-12H2,1-4H3/t13?,14-,15?,16?,18?,19?,23?,24?,25?/m1/s1. The molecule has 5 rings (SSSR count). The topological polar surface area (TPSA) is 133 Å². The first kappa shape index (κ1) is 25.4. The van der Waals surface area contributed by atoms with Crippen LogP contribution >= 0.6 is 0 Å². The van der Waals surface area contributed by atoms with Crippen LogP contribution in [0.25, 0.3) is 0 Å². The van der Waals surface area contributed by atoms with Crippen LogP contribution in [0.3, 0.4) is 0 Å². The number of hydrogen-bond donors (Lipinski definition) is 0. The molecule has 2 aliphatic carbocycles. The minimum atomic E-state index is -1.65. The van der Waals surface area contributed by atoms with E-state index in [1.165, 1.54) is 7.11 Å². The summed E-state index contributed by atoms with van der Waals surface area (Å²) in [5, 5.41) is 0. The van der Waals surface area contributed by atoms with Gasteiger partial charge in [0.2, 0.25) is 5.60 Å². The first-order valence-electron chi connectivity index (χ1n) is 12.8. The zero-order chi connectivity index (χ0) is 25.9. The molecule has 0 amide bonds. The first-order chi connectivity index (χ1) is 17.2. The molecule has 0 bridgehead atoms. The molecule has 0 aromatic rings. The Hall–Kier alpha value is -2.24. The molecule has 0 aromatic carbocycles. The highest BCUT2D eigenvalue weighted by molar-refractivity contribution is 5.90. The van der Waals surface area contributed by atoms with Gasteiger partial charge in [0.1, 0.15) is 18.8 Å². The van der Waals surface area contributed by atoms with E-state index >= 15 is 0 Å². The Bertz CT molecular complexity index is 950. The van der Waals surface area contributed by atoms with Crippen molar-refractivity contribution in [2.24, 2.45) is 28.6 Å². The van der Waals surface area contributed by atoms with Crippen LogP contribution in [-0.2, 0) is 52.6 Å². The summed E-state index contributed by atoms with van der Waals surface area (Å²) in [5.41, 5.74) is -3.55. The fourth-order valence-electron chi connectivity index (χ4n) is 7.99. The van der Waals surface area contributed by atoms with Crippen LogP contribution in [0.1, 0.15) is 52.9 Å². The Morgan fingerprint density at radius 1 is 1.14 bits per heavy atom. The fourth-order valence-corrected chi connectivity index (χ4v) is 7.99. The molecule has 5 aliphatic rings. The third-order valence-corrected chi connectivity index (χ3v) is 9.52. The van der Waals surface area contributed by atoms with Gasteiger partial charge in [-0.05, 0) is 25.2 Å². The van der Waals surface area contributed by atoms with E-state index in [0.29, 0.717) is 12.8 Å². The van der Waals surface area contributed by atoms with E-state index in [1.54, 1.807) is 6.92 Å². The van der Waals surface area contributed by atoms with Gasteiger partial charge in [-0.2, -0.15) is 4.89 Å². The van der Waals surface area contributed by atoms with Crippen molar-refractivity contribution in [3.8, 4) is 0 Å². The molecular formula is C25H34O11. The maximum absolute atomic E-state index is 13.6. The summed E-state index contributed by atoms with van der Waals surface area (Å²) < 4.78 is 27.7. The molecule has 0 aromatic heterocycles. The van der Waals surface area contributed by atoms with Gasteiger partial charge in [0.25, 0.3) is 0 Å². The van der Waals surface area contributed by atoms with Gasteiger partial charge >= 0.3 is 23.9 Å². The van der Waals surface area contributed by atoms with Crippen molar-refractivity contribution in [3.63, 3.8) is 0 Å². The second-order valence-electron chi connectivity index (χ2n) is 10.8. The lowest BCUT2D eigenvalue weighted by molar-refractivity contribution is -0.344. The van der Waals surface area contributed by atoms with E-state index < -0.39 is 70.5 Å². The summed E-state index contributed by atoms with van der Waals surface area (Å²) in [6, 6.07) is 0. The van der Waals surface area contributed by atoms with E-state index in [2.05, 4.69) is 11.7 Å². The van der Waals surface area contributed by atoms with E-state index in [-0.39, 0.29) is 25.7 Å². The first-order valence-corrected chi connectivity index (χ1v) is 12.8. The van der Waals surface area contributed by atoms with Gasteiger partial charge in [0, 0.05) is 5.41 Å².